The van der Waals surface area contributed by atoms with Gasteiger partial charge in [-0.25, -0.2) is 4.39 Å². The summed E-state index contributed by atoms with van der Waals surface area (Å²) in [6.07, 6.45) is 4.80. The van der Waals surface area contributed by atoms with Gasteiger partial charge in [-0.2, -0.15) is 0 Å². The van der Waals surface area contributed by atoms with Gasteiger partial charge in [0.25, 0.3) is 5.91 Å². The molecule has 1 amide bonds. The normalized spacial score (nSPS) is 20.7. The van der Waals surface area contributed by atoms with Crippen molar-refractivity contribution in [1.29, 1.82) is 0 Å². The molecule has 0 atom stereocenters. The summed E-state index contributed by atoms with van der Waals surface area (Å²) >= 11 is 7.88. The Morgan fingerprint density at radius 1 is 1.26 bits per heavy atom. The monoisotopic (exact) mass is 393 g/mol. The lowest BCUT2D eigenvalue weighted by Gasteiger charge is -2.32. The summed E-state index contributed by atoms with van der Waals surface area (Å²) in [4.78, 5) is 14.3. The number of piperidine rings is 1. The number of carbonyl (C=O) groups is 1. The molecular formula is C14H14ClFINO. The van der Waals surface area contributed by atoms with Crippen LogP contribution < -0.4 is 0 Å². The Morgan fingerprint density at radius 3 is 2.47 bits per heavy atom. The molecule has 102 valence electrons. The lowest BCUT2D eigenvalue weighted by molar-refractivity contribution is 0.0678. The van der Waals surface area contributed by atoms with Crippen molar-refractivity contribution >= 4 is 40.1 Å². The van der Waals surface area contributed by atoms with Crippen molar-refractivity contribution in [2.24, 2.45) is 5.41 Å². The standard InChI is InChI=1S/C14H14ClFINO/c15-10-8-11(16)12(17)7-9(10)13(19)18-5-3-14(1-2-14)4-6-18/h7-8H,1-6H2. The van der Waals surface area contributed by atoms with E-state index in [4.69, 9.17) is 11.6 Å². The number of benzene rings is 1. The van der Waals surface area contributed by atoms with Crippen molar-refractivity contribution in [3.05, 3.63) is 32.1 Å². The molecule has 2 nitrogen and oxygen atoms in total. The van der Waals surface area contributed by atoms with Gasteiger partial charge in [0.2, 0.25) is 0 Å². The zero-order valence-electron chi connectivity index (χ0n) is 10.4. The fourth-order valence-electron chi connectivity index (χ4n) is 2.72. The molecule has 0 unspecified atom stereocenters. The summed E-state index contributed by atoms with van der Waals surface area (Å²) in [5, 5.41) is 0.203. The Morgan fingerprint density at radius 2 is 1.89 bits per heavy atom. The van der Waals surface area contributed by atoms with Crippen LogP contribution in [-0.2, 0) is 0 Å². The SMILES string of the molecule is O=C(c1cc(I)c(F)cc1Cl)N1CCC2(CC1)CC2. The molecule has 2 aliphatic rings. The van der Waals surface area contributed by atoms with E-state index >= 15 is 0 Å². The van der Waals surface area contributed by atoms with Crippen LogP contribution >= 0.6 is 34.2 Å². The molecule has 1 aliphatic heterocycles. The highest BCUT2D eigenvalue weighted by Crippen LogP contribution is 2.53. The molecule has 1 aromatic carbocycles. The average molecular weight is 394 g/mol. The molecule has 1 aromatic rings. The number of rotatable bonds is 1. The van der Waals surface area contributed by atoms with Gasteiger partial charge in [-0.05, 0) is 65.8 Å². The maximum Gasteiger partial charge on any atom is 0.255 e. The summed E-state index contributed by atoms with van der Waals surface area (Å²) in [5.74, 6) is -0.448. The van der Waals surface area contributed by atoms with Crippen molar-refractivity contribution in [3.8, 4) is 0 Å². The smallest absolute Gasteiger partial charge is 0.255 e. The Labute approximate surface area is 130 Å². The fourth-order valence-corrected chi connectivity index (χ4v) is 3.42. The van der Waals surface area contributed by atoms with E-state index in [0.29, 0.717) is 14.5 Å². The average Bonchev–Trinajstić information content (AvgIpc) is 3.14. The van der Waals surface area contributed by atoms with Crippen molar-refractivity contribution in [2.75, 3.05) is 13.1 Å². The number of carbonyl (C=O) groups excluding carboxylic acids is 1. The van der Waals surface area contributed by atoms with Crippen LogP contribution in [0.4, 0.5) is 4.39 Å². The van der Waals surface area contributed by atoms with Crippen molar-refractivity contribution in [1.82, 2.24) is 4.90 Å². The maximum absolute atomic E-state index is 13.4. The van der Waals surface area contributed by atoms with E-state index < -0.39 is 0 Å². The van der Waals surface area contributed by atoms with Crippen LogP contribution in [0.2, 0.25) is 5.02 Å². The van der Waals surface area contributed by atoms with Gasteiger partial charge >= 0.3 is 0 Å². The molecule has 1 heterocycles. The van der Waals surface area contributed by atoms with E-state index in [2.05, 4.69) is 0 Å². The first kappa shape index (κ1) is 13.6. The van der Waals surface area contributed by atoms with Crippen molar-refractivity contribution < 1.29 is 9.18 Å². The minimum atomic E-state index is -0.377. The van der Waals surface area contributed by atoms with Gasteiger partial charge in [0, 0.05) is 16.7 Å². The van der Waals surface area contributed by atoms with Crippen LogP contribution in [-0.4, -0.2) is 23.9 Å². The molecule has 0 radical (unpaired) electrons. The number of halogens is 3. The lowest BCUT2D eigenvalue weighted by Crippen LogP contribution is -2.39. The number of hydrogen-bond donors (Lipinski definition) is 0. The maximum atomic E-state index is 13.4. The zero-order chi connectivity index (χ0) is 13.6. The number of hydrogen-bond acceptors (Lipinski definition) is 1. The van der Waals surface area contributed by atoms with Crippen LogP contribution in [0, 0.1) is 14.8 Å². The predicted molar refractivity (Wildman–Crippen MR) is 80.9 cm³/mol. The predicted octanol–water partition coefficient (Wildman–Crippen LogP) is 4.10. The molecule has 19 heavy (non-hydrogen) atoms. The van der Waals surface area contributed by atoms with E-state index in [-0.39, 0.29) is 16.7 Å². The molecule has 3 rings (SSSR count). The number of likely N-dealkylation sites (tertiary alicyclic amines) is 1. The molecular weight excluding hydrogens is 380 g/mol. The molecule has 5 heteroatoms. The summed E-state index contributed by atoms with van der Waals surface area (Å²) in [6.45, 7) is 1.59. The van der Waals surface area contributed by atoms with Gasteiger partial charge in [-0.15, -0.1) is 0 Å². The molecule has 1 aliphatic carbocycles. The Bertz CT molecular complexity index is 534. The van der Waals surface area contributed by atoms with Gasteiger partial charge in [0.15, 0.2) is 0 Å². The van der Waals surface area contributed by atoms with Crippen LogP contribution in [0.25, 0.3) is 0 Å². The largest absolute Gasteiger partial charge is 0.339 e. The van der Waals surface area contributed by atoms with Crippen molar-refractivity contribution in [2.45, 2.75) is 25.7 Å². The van der Waals surface area contributed by atoms with Gasteiger partial charge in [0.1, 0.15) is 5.82 Å². The second-order valence-corrected chi connectivity index (χ2v) is 7.11. The quantitative estimate of drug-likeness (QED) is 0.520. The Hall–Kier alpha value is -0.360. The highest BCUT2D eigenvalue weighted by atomic mass is 127. The molecule has 0 bridgehead atoms. The third kappa shape index (κ3) is 2.61. The van der Waals surface area contributed by atoms with E-state index in [1.54, 1.807) is 6.07 Å². The van der Waals surface area contributed by atoms with E-state index in [1.165, 1.54) is 18.9 Å². The van der Waals surface area contributed by atoms with Crippen LogP contribution in [0.15, 0.2) is 12.1 Å². The highest BCUT2D eigenvalue weighted by molar-refractivity contribution is 14.1. The van der Waals surface area contributed by atoms with E-state index in [9.17, 15) is 9.18 Å². The first-order chi connectivity index (χ1) is 9.01. The van der Waals surface area contributed by atoms with E-state index in [1.807, 2.05) is 27.5 Å². The topological polar surface area (TPSA) is 20.3 Å². The molecule has 1 spiro atoms. The van der Waals surface area contributed by atoms with E-state index in [0.717, 1.165) is 25.9 Å². The fraction of sp³-hybridized carbons (Fsp3) is 0.500. The van der Waals surface area contributed by atoms with Crippen LogP contribution in [0.3, 0.4) is 0 Å². The summed E-state index contributed by atoms with van der Waals surface area (Å²) in [7, 11) is 0. The summed E-state index contributed by atoms with van der Waals surface area (Å²) < 4.78 is 13.8. The Kier molecular flexibility index (Phi) is 3.50. The van der Waals surface area contributed by atoms with Gasteiger partial charge in [-0.3, -0.25) is 4.79 Å². The summed E-state index contributed by atoms with van der Waals surface area (Å²) in [6, 6.07) is 2.77. The summed E-state index contributed by atoms with van der Waals surface area (Å²) in [5.41, 5.74) is 0.955. The molecule has 1 saturated carbocycles. The van der Waals surface area contributed by atoms with Crippen LogP contribution in [0.1, 0.15) is 36.0 Å². The third-order valence-corrected chi connectivity index (χ3v) is 5.45. The van der Waals surface area contributed by atoms with Gasteiger partial charge < -0.3 is 4.90 Å². The lowest BCUT2D eigenvalue weighted by atomic mass is 9.93. The third-order valence-electron chi connectivity index (χ3n) is 4.31. The minimum Gasteiger partial charge on any atom is -0.339 e. The Balaban J connectivity index is 1.78. The highest BCUT2D eigenvalue weighted by Gasteiger charge is 2.45. The second-order valence-electron chi connectivity index (χ2n) is 5.54. The van der Waals surface area contributed by atoms with Crippen molar-refractivity contribution in [3.63, 3.8) is 0 Å². The van der Waals surface area contributed by atoms with Gasteiger partial charge in [-0.1, -0.05) is 11.6 Å². The van der Waals surface area contributed by atoms with Gasteiger partial charge in [0.05, 0.1) is 10.6 Å². The molecule has 2 fully saturated rings. The first-order valence-electron chi connectivity index (χ1n) is 6.45. The molecule has 0 aromatic heterocycles. The number of nitrogens with zero attached hydrogens (tertiary/aromatic N) is 1. The zero-order valence-corrected chi connectivity index (χ0v) is 13.3. The minimum absolute atomic E-state index is 0.0709. The molecule has 1 saturated heterocycles. The molecule has 0 N–H and O–H groups in total. The first-order valence-corrected chi connectivity index (χ1v) is 7.90. The number of amides is 1. The second kappa shape index (κ2) is 4.88. The van der Waals surface area contributed by atoms with Crippen LogP contribution in [0.5, 0.6) is 0 Å².